The van der Waals surface area contributed by atoms with E-state index in [4.69, 9.17) is 11.6 Å². The lowest BCUT2D eigenvalue weighted by molar-refractivity contribution is 0.0946. The van der Waals surface area contributed by atoms with Crippen LogP contribution in [0.15, 0.2) is 6.20 Å². The molecule has 6 heteroatoms. The molecular weight excluding hydrogens is 276 g/mol. The highest BCUT2D eigenvalue weighted by atomic mass is 35.5. The molecule has 1 aromatic heterocycles. The zero-order chi connectivity index (χ0) is 14.5. The molecule has 0 radical (unpaired) electrons. The summed E-state index contributed by atoms with van der Waals surface area (Å²) in [5.41, 5.74) is 0.273. The minimum Gasteiger partial charge on any atom is -0.351 e. The SMILES string of the molecule is CC(C)c1ncc(Cl)c(C(=O)NCCC2CCNC2)n1. The third-order valence-corrected chi connectivity index (χ3v) is 3.77. The molecule has 0 aromatic carbocycles. The molecule has 0 bridgehead atoms. The predicted molar refractivity (Wildman–Crippen MR) is 79.1 cm³/mol. The van der Waals surface area contributed by atoms with Gasteiger partial charge in [0.25, 0.3) is 5.91 Å². The molecule has 0 saturated carbocycles. The number of carbonyl (C=O) groups excluding carboxylic acids is 1. The van der Waals surface area contributed by atoms with Crippen molar-refractivity contribution in [3.63, 3.8) is 0 Å². The molecule has 2 heterocycles. The topological polar surface area (TPSA) is 66.9 Å². The average molecular weight is 297 g/mol. The van der Waals surface area contributed by atoms with Crippen LogP contribution in [0.1, 0.15) is 48.9 Å². The van der Waals surface area contributed by atoms with Crippen molar-refractivity contribution in [1.82, 2.24) is 20.6 Å². The Bertz CT molecular complexity index is 472. The maximum Gasteiger partial charge on any atom is 0.271 e. The maximum atomic E-state index is 12.1. The van der Waals surface area contributed by atoms with Crippen LogP contribution in [-0.4, -0.2) is 35.5 Å². The summed E-state index contributed by atoms with van der Waals surface area (Å²) < 4.78 is 0. The highest BCUT2D eigenvalue weighted by Crippen LogP contribution is 2.16. The number of amides is 1. The summed E-state index contributed by atoms with van der Waals surface area (Å²) in [5.74, 6) is 1.25. The number of aromatic nitrogens is 2. The van der Waals surface area contributed by atoms with E-state index >= 15 is 0 Å². The highest BCUT2D eigenvalue weighted by Gasteiger charge is 2.17. The minimum atomic E-state index is -0.217. The maximum absolute atomic E-state index is 12.1. The van der Waals surface area contributed by atoms with Crippen molar-refractivity contribution in [2.24, 2.45) is 5.92 Å². The fourth-order valence-electron chi connectivity index (χ4n) is 2.25. The summed E-state index contributed by atoms with van der Waals surface area (Å²) in [7, 11) is 0. The van der Waals surface area contributed by atoms with Crippen molar-refractivity contribution >= 4 is 17.5 Å². The van der Waals surface area contributed by atoms with Gasteiger partial charge < -0.3 is 10.6 Å². The third-order valence-electron chi connectivity index (χ3n) is 3.49. The largest absolute Gasteiger partial charge is 0.351 e. The quantitative estimate of drug-likeness (QED) is 0.872. The second kappa shape index (κ2) is 6.99. The van der Waals surface area contributed by atoms with Gasteiger partial charge in [0.1, 0.15) is 11.5 Å². The molecule has 2 rings (SSSR count). The van der Waals surface area contributed by atoms with Crippen LogP contribution >= 0.6 is 11.6 Å². The first-order chi connectivity index (χ1) is 9.58. The molecule has 2 N–H and O–H groups in total. The zero-order valence-electron chi connectivity index (χ0n) is 11.9. The van der Waals surface area contributed by atoms with Gasteiger partial charge in [-0.05, 0) is 31.8 Å². The normalized spacial score (nSPS) is 18.5. The lowest BCUT2D eigenvalue weighted by Crippen LogP contribution is -2.28. The predicted octanol–water partition coefficient (Wildman–Crippen LogP) is 1.98. The van der Waals surface area contributed by atoms with Crippen molar-refractivity contribution in [3.8, 4) is 0 Å². The Kier molecular flexibility index (Phi) is 5.31. The van der Waals surface area contributed by atoms with Crippen molar-refractivity contribution in [2.75, 3.05) is 19.6 Å². The van der Waals surface area contributed by atoms with Crippen molar-refractivity contribution in [3.05, 3.63) is 22.7 Å². The van der Waals surface area contributed by atoms with E-state index in [2.05, 4.69) is 20.6 Å². The van der Waals surface area contributed by atoms with Gasteiger partial charge in [0, 0.05) is 12.5 Å². The van der Waals surface area contributed by atoms with Crippen LogP contribution < -0.4 is 10.6 Å². The van der Waals surface area contributed by atoms with Gasteiger partial charge in [0.15, 0.2) is 0 Å². The molecule has 1 aromatic rings. The van der Waals surface area contributed by atoms with Crippen molar-refractivity contribution in [2.45, 2.75) is 32.6 Å². The molecule has 20 heavy (non-hydrogen) atoms. The van der Waals surface area contributed by atoms with E-state index in [1.54, 1.807) is 0 Å². The Morgan fingerprint density at radius 2 is 2.40 bits per heavy atom. The Hall–Kier alpha value is -1.20. The minimum absolute atomic E-state index is 0.170. The molecule has 1 amide bonds. The van der Waals surface area contributed by atoms with E-state index in [-0.39, 0.29) is 17.5 Å². The van der Waals surface area contributed by atoms with E-state index in [0.717, 1.165) is 19.5 Å². The summed E-state index contributed by atoms with van der Waals surface area (Å²) >= 11 is 6.01. The Morgan fingerprint density at radius 1 is 1.60 bits per heavy atom. The zero-order valence-corrected chi connectivity index (χ0v) is 12.7. The van der Waals surface area contributed by atoms with Gasteiger partial charge in [0.2, 0.25) is 0 Å². The molecule has 0 spiro atoms. The molecule has 5 nitrogen and oxygen atoms in total. The first-order valence-corrected chi connectivity index (χ1v) is 7.47. The first kappa shape index (κ1) is 15.2. The van der Waals surface area contributed by atoms with Crippen LogP contribution in [0, 0.1) is 5.92 Å². The lowest BCUT2D eigenvalue weighted by atomic mass is 10.1. The molecule has 0 aliphatic carbocycles. The summed E-state index contributed by atoms with van der Waals surface area (Å²) in [6.45, 7) is 6.74. The van der Waals surface area contributed by atoms with E-state index in [0.29, 0.717) is 23.3 Å². The van der Waals surface area contributed by atoms with Gasteiger partial charge in [-0.2, -0.15) is 0 Å². The third kappa shape index (κ3) is 3.90. The average Bonchev–Trinajstić information content (AvgIpc) is 2.92. The standard InChI is InChI=1S/C14H21ClN4O/c1-9(2)13-18-8-11(15)12(19-13)14(20)17-6-4-10-3-5-16-7-10/h8-10,16H,3-7H2,1-2H3,(H,17,20). The second-order valence-corrected chi connectivity index (χ2v) is 5.89. The van der Waals surface area contributed by atoms with E-state index < -0.39 is 0 Å². The van der Waals surface area contributed by atoms with Crippen LogP contribution in [-0.2, 0) is 0 Å². The highest BCUT2D eigenvalue weighted by molar-refractivity contribution is 6.33. The molecule has 1 atom stereocenters. The van der Waals surface area contributed by atoms with Gasteiger partial charge >= 0.3 is 0 Å². The van der Waals surface area contributed by atoms with E-state index in [1.165, 1.54) is 12.6 Å². The van der Waals surface area contributed by atoms with Gasteiger partial charge in [-0.3, -0.25) is 4.79 Å². The van der Waals surface area contributed by atoms with Gasteiger partial charge in [-0.15, -0.1) is 0 Å². The van der Waals surface area contributed by atoms with Crippen LogP contribution in [0.2, 0.25) is 5.02 Å². The van der Waals surface area contributed by atoms with E-state index in [9.17, 15) is 4.79 Å². The van der Waals surface area contributed by atoms with Crippen LogP contribution in [0.25, 0.3) is 0 Å². The van der Waals surface area contributed by atoms with E-state index in [1.807, 2.05) is 13.8 Å². The molecule has 1 aliphatic rings. The Balaban J connectivity index is 1.92. The number of rotatable bonds is 5. The fourth-order valence-corrected chi connectivity index (χ4v) is 2.43. The summed E-state index contributed by atoms with van der Waals surface area (Å²) in [6, 6.07) is 0. The van der Waals surface area contributed by atoms with Gasteiger partial charge in [-0.25, -0.2) is 9.97 Å². The molecule has 1 fully saturated rings. The number of hydrogen-bond acceptors (Lipinski definition) is 4. The number of nitrogens with zero attached hydrogens (tertiary/aromatic N) is 2. The monoisotopic (exact) mass is 296 g/mol. The van der Waals surface area contributed by atoms with Gasteiger partial charge in [0.05, 0.1) is 11.2 Å². The summed E-state index contributed by atoms with van der Waals surface area (Å²) in [4.78, 5) is 20.5. The van der Waals surface area contributed by atoms with Crippen LogP contribution in [0.5, 0.6) is 0 Å². The molecule has 1 unspecified atom stereocenters. The van der Waals surface area contributed by atoms with Crippen LogP contribution in [0.3, 0.4) is 0 Å². The number of halogens is 1. The molecule has 1 saturated heterocycles. The Morgan fingerprint density at radius 3 is 3.05 bits per heavy atom. The first-order valence-electron chi connectivity index (χ1n) is 7.09. The second-order valence-electron chi connectivity index (χ2n) is 5.48. The van der Waals surface area contributed by atoms with Crippen LogP contribution in [0.4, 0.5) is 0 Å². The van der Waals surface area contributed by atoms with Crippen molar-refractivity contribution in [1.29, 1.82) is 0 Å². The Labute approximate surface area is 124 Å². The summed E-state index contributed by atoms with van der Waals surface area (Å²) in [5, 5.41) is 6.51. The molecule has 1 aliphatic heterocycles. The number of hydrogen-bond donors (Lipinski definition) is 2. The van der Waals surface area contributed by atoms with Gasteiger partial charge in [-0.1, -0.05) is 25.4 Å². The molecule has 110 valence electrons. The lowest BCUT2D eigenvalue weighted by Gasteiger charge is -2.11. The van der Waals surface area contributed by atoms with Crippen molar-refractivity contribution < 1.29 is 4.79 Å². The fraction of sp³-hybridized carbons (Fsp3) is 0.643. The molecular formula is C14H21ClN4O. The smallest absolute Gasteiger partial charge is 0.271 e. The number of carbonyl (C=O) groups is 1. The summed E-state index contributed by atoms with van der Waals surface area (Å²) in [6.07, 6.45) is 3.67. The number of nitrogens with one attached hydrogen (secondary N) is 2.